The van der Waals surface area contributed by atoms with E-state index in [1.54, 1.807) is 6.07 Å². The summed E-state index contributed by atoms with van der Waals surface area (Å²) in [7, 11) is 0. The van der Waals surface area contributed by atoms with Crippen LogP contribution in [0, 0.1) is 13.8 Å². The average Bonchev–Trinajstić information content (AvgIpc) is 2.04. The van der Waals surface area contributed by atoms with E-state index in [0.29, 0.717) is 5.56 Å². The highest BCUT2D eigenvalue weighted by molar-refractivity contribution is 5.89. The van der Waals surface area contributed by atoms with Crippen molar-refractivity contribution in [2.45, 2.75) is 27.2 Å². The number of aromatic carboxylic acids is 1. The van der Waals surface area contributed by atoms with Crippen molar-refractivity contribution < 1.29 is 9.90 Å². The highest BCUT2D eigenvalue weighted by Crippen LogP contribution is 2.18. The quantitative estimate of drug-likeness (QED) is 0.755. The lowest BCUT2D eigenvalue weighted by Crippen LogP contribution is -2.03. The van der Waals surface area contributed by atoms with E-state index in [2.05, 4.69) is 0 Å². The van der Waals surface area contributed by atoms with Gasteiger partial charge >= 0.3 is 5.97 Å². The van der Waals surface area contributed by atoms with E-state index in [9.17, 15) is 4.79 Å². The summed E-state index contributed by atoms with van der Waals surface area (Å²) in [6.07, 6.45) is 0.888. The van der Waals surface area contributed by atoms with Gasteiger partial charge in [-0.25, -0.2) is 4.79 Å². The Morgan fingerprint density at radius 2 is 2.00 bits per heavy atom. The van der Waals surface area contributed by atoms with Crippen LogP contribution in [0.15, 0.2) is 12.1 Å². The maximum atomic E-state index is 10.8. The van der Waals surface area contributed by atoms with Crippen molar-refractivity contribution in [3.63, 3.8) is 0 Å². The lowest BCUT2D eigenvalue weighted by Gasteiger charge is -2.09. The Kier molecular flexibility index (Phi) is 2.71. The third-order valence-corrected chi connectivity index (χ3v) is 2.42. The smallest absolute Gasteiger partial charge is 0.335 e. The van der Waals surface area contributed by atoms with E-state index in [1.165, 1.54) is 5.56 Å². The van der Waals surface area contributed by atoms with Gasteiger partial charge in [-0.3, -0.25) is 0 Å². The van der Waals surface area contributed by atoms with Crippen LogP contribution in [0.3, 0.4) is 0 Å². The van der Waals surface area contributed by atoms with E-state index >= 15 is 0 Å². The molecule has 0 radical (unpaired) electrons. The molecule has 0 aliphatic carbocycles. The van der Waals surface area contributed by atoms with Crippen molar-refractivity contribution in [1.29, 1.82) is 0 Å². The standard InChI is InChI=1S/C11H14O2/c1-4-9-7(2)5-6-10(8(9)3)11(12)13/h5-6H,4H2,1-3H3,(H,12,13). The average molecular weight is 178 g/mol. The molecule has 0 atom stereocenters. The molecule has 0 aromatic heterocycles. The summed E-state index contributed by atoms with van der Waals surface area (Å²) in [4.78, 5) is 10.8. The molecular weight excluding hydrogens is 164 g/mol. The molecule has 0 aliphatic rings. The van der Waals surface area contributed by atoms with Crippen molar-refractivity contribution >= 4 is 5.97 Å². The normalized spacial score (nSPS) is 10.1. The van der Waals surface area contributed by atoms with Crippen LogP contribution in [0.2, 0.25) is 0 Å². The number of rotatable bonds is 2. The minimum absolute atomic E-state index is 0.419. The molecule has 0 bridgehead atoms. The Morgan fingerprint density at radius 3 is 2.46 bits per heavy atom. The van der Waals surface area contributed by atoms with Crippen molar-refractivity contribution in [3.05, 3.63) is 34.4 Å². The molecule has 1 aromatic carbocycles. The molecule has 0 fully saturated rings. The van der Waals surface area contributed by atoms with Gasteiger partial charge in [-0.05, 0) is 43.0 Å². The minimum Gasteiger partial charge on any atom is -0.478 e. The molecule has 0 unspecified atom stereocenters. The molecule has 0 aliphatic heterocycles. The zero-order valence-electron chi connectivity index (χ0n) is 8.22. The van der Waals surface area contributed by atoms with E-state index in [4.69, 9.17) is 5.11 Å². The van der Waals surface area contributed by atoms with Crippen LogP contribution in [0.25, 0.3) is 0 Å². The summed E-state index contributed by atoms with van der Waals surface area (Å²) < 4.78 is 0. The van der Waals surface area contributed by atoms with E-state index in [-0.39, 0.29) is 0 Å². The third kappa shape index (κ3) is 1.72. The lowest BCUT2D eigenvalue weighted by molar-refractivity contribution is 0.0696. The maximum Gasteiger partial charge on any atom is 0.335 e. The van der Waals surface area contributed by atoms with E-state index in [1.807, 2.05) is 26.8 Å². The first-order valence-electron chi connectivity index (χ1n) is 4.40. The van der Waals surface area contributed by atoms with Crippen LogP contribution in [-0.2, 0) is 6.42 Å². The van der Waals surface area contributed by atoms with Crippen LogP contribution in [0.5, 0.6) is 0 Å². The molecule has 0 amide bonds. The van der Waals surface area contributed by atoms with Gasteiger partial charge in [-0.1, -0.05) is 13.0 Å². The monoisotopic (exact) mass is 178 g/mol. The fourth-order valence-electron chi connectivity index (χ4n) is 1.67. The summed E-state index contributed by atoms with van der Waals surface area (Å²) in [6.45, 7) is 5.92. The molecule has 70 valence electrons. The predicted molar refractivity (Wildman–Crippen MR) is 52.3 cm³/mol. The Balaban J connectivity index is 3.35. The highest BCUT2D eigenvalue weighted by Gasteiger charge is 2.10. The largest absolute Gasteiger partial charge is 0.478 e. The van der Waals surface area contributed by atoms with Gasteiger partial charge in [0.2, 0.25) is 0 Å². The SMILES string of the molecule is CCc1c(C)ccc(C(=O)O)c1C. The summed E-state index contributed by atoms with van der Waals surface area (Å²) >= 11 is 0. The van der Waals surface area contributed by atoms with Gasteiger partial charge in [-0.2, -0.15) is 0 Å². The second kappa shape index (κ2) is 3.60. The Hall–Kier alpha value is -1.31. The first-order valence-corrected chi connectivity index (χ1v) is 4.40. The van der Waals surface area contributed by atoms with Crippen LogP contribution in [-0.4, -0.2) is 11.1 Å². The molecule has 2 nitrogen and oxygen atoms in total. The van der Waals surface area contributed by atoms with Crippen molar-refractivity contribution in [2.24, 2.45) is 0 Å². The molecule has 0 saturated heterocycles. The van der Waals surface area contributed by atoms with Crippen molar-refractivity contribution in [2.75, 3.05) is 0 Å². The lowest BCUT2D eigenvalue weighted by atomic mass is 9.96. The number of hydrogen-bond donors (Lipinski definition) is 1. The van der Waals surface area contributed by atoms with Crippen LogP contribution in [0.4, 0.5) is 0 Å². The molecule has 0 saturated carbocycles. The Labute approximate surface area is 78.2 Å². The van der Waals surface area contributed by atoms with Crippen molar-refractivity contribution in [3.8, 4) is 0 Å². The van der Waals surface area contributed by atoms with E-state index < -0.39 is 5.97 Å². The van der Waals surface area contributed by atoms with Gasteiger partial charge in [0.25, 0.3) is 0 Å². The van der Waals surface area contributed by atoms with Crippen LogP contribution in [0.1, 0.15) is 34.0 Å². The van der Waals surface area contributed by atoms with Gasteiger partial charge in [0.1, 0.15) is 0 Å². The zero-order chi connectivity index (χ0) is 10.0. The topological polar surface area (TPSA) is 37.3 Å². The fraction of sp³-hybridized carbons (Fsp3) is 0.364. The molecular formula is C11H14O2. The second-order valence-corrected chi connectivity index (χ2v) is 3.19. The molecule has 2 heteroatoms. The number of aryl methyl sites for hydroxylation is 1. The number of benzene rings is 1. The third-order valence-electron chi connectivity index (χ3n) is 2.42. The van der Waals surface area contributed by atoms with Gasteiger partial charge in [0.15, 0.2) is 0 Å². The second-order valence-electron chi connectivity index (χ2n) is 3.19. The number of carboxylic acids is 1. The van der Waals surface area contributed by atoms with Gasteiger partial charge in [0.05, 0.1) is 5.56 Å². The van der Waals surface area contributed by atoms with Crippen LogP contribution >= 0.6 is 0 Å². The molecule has 0 heterocycles. The molecule has 1 rings (SSSR count). The molecule has 0 spiro atoms. The highest BCUT2D eigenvalue weighted by atomic mass is 16.4. The molecule has 1 N–H and O–H groups in total. The molecule has 1 aromatic rings. The van der Waals surface area contributed by atoms with Gasteiger partial charge in [-0.15, -0.1) is 0 Å². The number of carboxylic acid groups (broad SMARTS) is 1. The first-order chi connectivity index (χ1) is 6.07. The number of carbonyl (C=O) groups is 1. The predicted octanol–water partition coefficient (Wildman–Crippen LogP) is 2.56. The summed E-state index contributed by atoms with van der Waals surface area (Å²) in [6, 6.07) is 3.54. The van der Waals surface area contributed by atoms with Crippen LogP contribution < -0.4 is 0 Å². The fourth-order valence-corrected chi connectivity index (χ4v) is 1.67. The number of hydrogen-bond acceptors (Lipinski definition) is 1. The summed E-state index contributed by atoms with van der Waals surface area (Å²) in [5.74, 6) is -0.841. The minimum atomic E-state index is -0.841. The van der Waals surface area contributed by atoms with Gasteiger partial charge < -0.3 is 5.11 Å². The Morgan fingerprint density at radius 1 is 1.38 bits per heavy atom. The first kappa shape index (κ1) is 9.78. The van der Waals surface area contributed by atoms with E-state index in [0.717, 1.165) is 17.5 Å². The van der Waals surface area contributed by atoms with Gasteiger partial charge in [0, 0.05) is 0 Å². The molecule has 13 heavy (non-hydrogen) atoms. The van der Waals surface area contributed by atoms with Crippen molar-refractivity contribution in [1.82, 2.24) is 0 Å². The summed E-state index contributed by atoms with van der Waals surface area (Å²) in [5.41, 5.74) is 3.64. The zero-order valence-corrected chi connectivity index (χ0v) is 8.22. The summed E-state index contributed by atoms with van der Waals surface area (Å²) in [5, 5.41) is 8.88. The maximum absolute atomic E-state index is 10.8. The Bertz CT molecular complexity index is 340.